The van der Waals surface area contributed by atoms with Gasteiger partial charge in [-0.05, 0) is 37.6 Å². The molecule has 98 valence electrons. The van der Waals surface area contributed by atoms with Gasteiger partial charge in [0.2, 0.25) is 0 Å². The average Bonchev–Trinajstić information content (AvgIpc) is 2.79. The maximum Gasteiger partial charge on any atom is 0.191 e. The van der Waals surface area contributed by atoms with Gasteiger partial charge in [-0.2, -0.15) is 0 Å². The van der Waals surface area contributed by atoms with Crippen LogP contribution < -0.4 is 5.73 Å². The van der Waals surface area contributed by atoms with Gasteiger partial charge in [0.25, 0.3) is 0 Å². The third-order valence-electron chi connectivity index (χ3n) is 3.67. The molecule has 4 nitrogen and oxygen atoms in total. The number of likely N-dealkylation sites (N-methyl/N-ethyl adjacent to an activating group) is 1. The van der Waals surface area contributed by atoms with Crippen LogP contribution >= 0.6 is 0 Å². The first kappa shape index (κ1) is 12.0. The Morgan fingerprint density at radius 3 is 2.95 bits per heavy atom. The van der Waals surface area contributed by atoms with E-state index in [1.807, 2.05) is 13.0 Å². The number of hydrogen-bond acceptors (Lipinski definition) is 4. The van der Waals surface area contributed by atoms with Crippen molar-refractivity contribution in [2.24, 2.45) is 10.7 Å². The van der Waals surface area contributed by atoms with Crippen molar-refractivity contribution in [2.45, 2.75) is 19.9 Å². The fourth-order valence-corrected chi connectivity index (χ4v) is 2.65. The van der Waals surface area contributed by atoms with Gasteiger partial charge in [-0.15, -0.1) is 0 Å². The van der Waals surface area contributed by atoms with Crippen molar-refractivity contribution < 1.29 is 0 Å². The molecular formula is C15H18N4. The number of aliphatic imine (C=N–C) groups is 1. The third-order valence-corrected chi connectivity index (χ3v) is 3.67. The molecule has 2 aromatic rings. The highest BCUT2D eigenvalue weighted by molar-refractivity contribution is 5.82. The molecule has 19 heavy (non-hydrogen) atoms. The predicted molar refractivity (Wildman–Crippen MR) is 78.1 cm³/mol. The summed E-state index contributed by atoms with van der Waals surface area (Å²) in [5, 5.41) is 1.17. The van der Waals surface area contributed by atoms with E-state index in [0.29, 0.717) is 5.96 Å². The van der Waals surface area contributed by atoms with Crippen LogP contribution in [0.4, 0.5) is 0 Å². The summed E-state index contributed by atoms with van der Waals surface area (Å²) in [6.07, 6.45) is 0. The molecule has 0 saturated carbocycles. The van der Waals surface area contributed by atoms with Crippen molar-refractivity contribution in [3.8, 4) is 0 Å². The summed E-state index contributed by atoms with van der Waals surface area (Å²) in [6.45, 7) is 5.74. The van der Waals surface area contributed by atoms with Gasteiger partial charge in [-0.25, -0.2) is 0 Å². The summed E-state index contributed by atoms with van der Waals surface area (Å²) in [6, 6.07) is 10.8. The number of aromatic nitrogens is 1. The molecule has 2 N–H and O–H groups in total. The van der Waals surface area contributed by atoms with Crippen LogP contribution in [0, 0.1) is 6.92 Å². The summed E-state index contributed by atoms with van der Waals surface area (Å²) in [4.78, 5) is 11.0. The first-order valence-corrected chi connectivity index (χ1v) is 6.63. The molecule has 0 radical (unpaired) electrons. The van der Waals surface area contributed by atoms with E-state index in [0.717, 1.165) is 24.3 Å². The lowest BCUT2D eigenvalue weighted by molar-refractivity contribution is 0.364. The lowest BCUT2D eigenvalue weighted by Crippen LogP contribution is -2.35. The lowest BCUT2D eigenvalue weighted by atomic mass is 10.0. The predicted octanol–water partition coefficient (Wildman–Crippen LogP) is 2.23. The number of benzene rings is 1. The van der Waals surface area contributed by atoms with E-state index in [1.54, 1.807) is 0 Å². The Morgan fingerprint density at radius 2 is 2.16 bits per heavy atom. The Balaban J connectivity index is 2.00. The van der Waals surface area contributed by atoms with Crippen molar-refractivity contribution in [1.29, 1.82) is 0 Å². The minimum Gasteiger partial charge on any atom is -0.370 e. The number of fused-ring (bicyclic) bond motifs is 1. The van der Waals surface area contributed by atoms with Crippen molar-refractivity contribution in [3.63, 3.8) is 0 Å². The van der Waals surface area contributed by atoms with Gasteiger partial charge in [-0.3, -0.25) is 9.98 Å². The molecule has 1 atom stereocenters. The normalized spacial score (nSPS) is 18.9. The summed E-state index contributed by atoms with van der Waals surface area (Å²) >= 11 is 0. The first-order chi connectivity index (χ1) is 9.19. The Hall–Kier alpha value is -2.10. The second kappa shape index (κ2) is 4.53. The van der Waals surface area contributed by atoms with E-state index in [1.165, 1.54) is 10.9 Å². The van der Waals surface area contributed by atoms with Crippen LogP contribution in [0.25, 0.3) is 10.9 Å². The van der Waals surface area contributed by atoms with E-state index in [9.17, 15) is 0 Å². The number of nitrogens with zero attached hydrogens (tertiary/aromatic N) is 3. The summed E-state index contributed by atoms with van der Waals surface area (Å²) in [5.74, 6) is 0.648. The molecule has 2 heterocycles. The van der Waals surface area contributed by atoms with E-state index >= 15 is 0 Å². The van der Waals surface area contributed by atoms with E-state index in [4.69, 9.17) is 5.73 Å². The zero-order valence-electron chi connectivity index (χ0n) is 11.3. The highest BCUT2D eigenvalue weighted by Crippen LogP contribution is 2.27. The summed E-state index contributed by atoms with van der Waals surface area (Å²) in [7, 11) is 0. The van der Waals surface area contributed by atoms with Crippen LogP contribution in [0.2, 0.25) is 0 Å². The molecule has 4 heteroatoms. The molecule has 0 bridgehead atoms. The lowest BCUT2D eigenvalue weighted by Gasteiger charge is -2.25. The number of guanidine groups is 1. The van der Waals surface area contributed by atoms with Crippen LogP contribution in [0.3, 0.4) is 0 Å². The van der Waals surface area contributed by atoms with Crippen molar-refractivity contribution in [3.05, 3.63) is 41.6 Å². The van der Waals surface area contributed by atoms with Crippen LogP contribution in [-0.4, -0.2) is 28.9 Å². The number of nitrogens with two attached hydrogens (primary N) is 1. The monoisotopic (exact) mass is 254 g/mol. The van der Waals surface area contributed by atoms with E-state index < -0.39 is 0 Å². The first-order valence-electron chi connectivity index (χ1n) is 6.63. The topological polar surface area (TPSA) is 54.5 Å². The molecule has 1 aromatic heterocycles. The van der Waals surface area contributed by atoms with Crippen LogP contribution in [0.5, 0.6) is 0 Å². The van der Waals surface area contributed by atoms with Gasteiger partial charge >= 0.3 is 0 Å². The van der Waals surface area contributed by atoms with Gasteiger partial charge in [0.1, 0.15) is 0 Å². The highest BCUT2D eigenvalue weighted by Gasteiger charge is 2.25. The fraction of sp³-hybridized carbons (Fsp3) is 0.333. The minimum absolute atomic E-state index is 0.260. The van der Waals surface area contributed by atoms with Gasteiger partial charge in [0.15, 0.2) is 5.96 Å². The second-order valence-corrected chi connectivity index (χ2v) is 4.91. The molecule has 0 aliphatic carbocycles. The number of aryl methyl sites for hydroxylation is 1. The SMILES string of the molecule is CCN1C(N)=NCC1c1ccc2nc(C)ccc2c1. The van der Waals surface area contributed by atoms with Crippen LogP contribution in [0.1, 0.15) is 24.2 Å². The Bertz CT molecular complexity index is 648. The Kier molecular flexibility index (Phi) is 2.85. The molecule has 0 amide bonds. The highest BCUT2D eigenvalue weighted by atomic mass is 15.3. The molecule has 1 aliphatic rings. The third kappa shape index (κ3) is 2.03. The van der Waals surface area contributed by atoms with Crippen molar-refractivity contribution in [1.82, 2.24) is 9.88 Å². The molecule has 0 saturated heterocycles. The molecule has 3 rings (SSSR count). The van der Waals surface area contributed by atoms with Crippen molar-refractivity contribution in [2.75, 3.05) is 13.1 Å². The summed E-state index contributed by atoms with van der Waals surface area (Å²) < 4.78 is 0. The molecular weight excluding hydrogens is 236 g/mol. The smallest absolute Gasteiger partial charge is 0.191 e. The van der Waals surface area contributed by atoms with Crippen LogP contribution in [0.15, 0.2) is 35.3 Å². The molecule has 1 aromatic carbocycles. The van der Waals surface area contributed by atoms with Crippen LogP contribution in [-0.2, 0) is 0 Å². The molecule has 1 aliphatic heterocycles. The standard InChI is InChI=1S/C15H18N4/c1-3-19-14(9-17-15(19)16)12-6-7-13-11(8-12)5-4-10(2)18-13/h4-8,14H,3,9H2,1-2H3,(H2,16,17). The Labute approximate surface area is 113 Å². The number of hydrogen-bond donors (Lipinski definition) is 1. The summed E-state index contributed by atoms with van der Waals surface area (Å²) in [5.41, 5.74) is 9.25. The van der Waals surface area contributed by atoms with E-state index in [-0.39, 0.29) is 6.04 Å². The largest absolute Gasteiger partial charge is 0.370 e. The minimum atomic E-state index is 0.260. The Morgan fingerprint density at radius 1 is 1.32 bits per heavy atom. The quantitative estimate of drug-likeness (QED) is 0.894. The van der Waals surface area contributed by atoms with Crippen molar-refractivity contribution >= 4 is 16.9 Å². The fourth-order valence-electron chi connectivity index (χ4n) is 2.65. The van der Waals surface area contributed by atoms with Gasteiger partial charge in [0.05, 0.1) is 18.1 Å². The maximum absolute atomic E-state index is 5.91. The van der Waals surface area contributed by atoms with Gasteiger partial charge < -0.3 is 10.6 Å². The zero-order valence-corrected chi connectivity index (χ0v) is 11.3. The molecule has 0 fully saturated rings. The van der Waals surface area contributed by atoms with E-state index in [2.05, 4.69) is 46.1 Å². The molecule has 1 unspecified atom stereocenters. The maximum atomic E-state index is 5.91. The number of pyridine rings is 1. The second-order valence-electron chi connectivity index (χ2n) is 4.91. The molecule has 0 spiro atoms. The average molecular weight is 254 g/mol. The zero-order chi connectivity index (χ0) is 13.4. The number of rotatable bonds is 2. The van der Waals surface area contributed by atoms with Gasteiger partial charge in [0, 0.05) is 17.6 Å². The van der Waals surface area contributed by atoms with Gasteiger partial charge in [-0.1, -0.05) is 12.1 Å².